The van der Waals surface area contributed by atoms with Crippen LogP contribution < -0.4 is 10.6 Å². The van der Waals surface area contributed by atoms with Gasteiger partial charge in [-0.05, 0) is 62.9 Å². The molecule has 0 aliphatic heterocycles. The summed E-state index contributed by atoms with van der Waals surface area (Å²) in [5.74, 6) is -1.53. The Bertz CT molecular complexity index is 1020. The van der Waals surface area contributed by atoms with E-state index in [-0.39, 0.29) is 11.5 Å². The molecule has 1 aliphatic carbocycles. The Kier molecular flexibility index (Phi) is 6.49. The molecule has 1 fully saturated rings. The molecule has 168 valence electrons. The van der Waals surface area contributed by atoms with E-state index in [0.717, 1.165) is 0 Å². The highest BCUT2D eigenvalue weighted by atomic mass is 19.1. The van der Waals surface area contributed by atoms with Gasteiger partial charge in [-0.2, -0.15) is 0 Å². The Morgan fingerprint density at radius 1 is 1.19 bits per heavy atom. The molecule has 2 amide bonds. The molecule has 1 aliphatic rings. The zero-order chi connectivity index (χ0) is 23.0. The molecule has 0 saturated heterocycles. The van der Waals surface area contributed by atoms with E-state index in [9.17, 15) is 29.3 Å². The van der Waals surface area contributed by atoms with Crippen LogP contribution in [0.15, 0.2) is 18.2 Å². The smallest absolute Gasteiger partial charge is 0.257 e. The Morgan fingerprint density at radius 2 is 1.87 bits per heavy atom. The van der Waals surface area contributed by atoms with Crippen molar-refractivity contribution in [3.63, 3.8) is 0 Å². The molecule has 5 N–H and O–H groups in total. The first-order valence-electron chi connectivity index (χ1n) is 10.1. The molecule has 8 nitrogen and oxygen atoms in total. The number of aliphatic hydroxyl groups excluding tert-OH is 3. The second-order valence-corrected chi connectivity index (χ2v) is 8.10. The largest absolute Gasteiger partial charge is 0.390 e. The number of aliphatic hydroxyl groups is 3. The van der Waals surface area contributed by atoms with E-state index < -0.39 is 36.2 Å². The van der Waals surface area contributed by atoms with Crippen molar-refractivity contribution in [1.29, 1.82) is 0 Å². The third-order valence-corrected chi connectivity index (χ3v) is 6.04. The van der Waals surface area contributed by atoms with Gasteiger partial charge in [0.15, 0.2) is 6.10 Å². The number of rotatable bonds is 5. The second kappa shape index (κ2) is 8.78. The Hall–Kier alpha value is -2.75. The summed E-state index contributed by atoms with van der Waals surface area (Å²) in [4.78, 5) is 25.5. The Morgan fingerprint density at radius 3 is 2.45 bits per heavy atom. The van der Waals surface area contributed by atoms with Crippen molar-refractivity contribution < 1.29 is 29.3 Å². The summed E-state index contributed by atoms with van der Waals surface area (Å²) >= 11 is 0. The van der Waals surface area contributed by atoms with Crippen molar-refractivity contribution in [1.82, 2.24) is 9.88 Å². The molecule has 0 radical (unpaired) electrons. The maximum absolute atomic E-state index is 13.5. The first-order valence-corrected chi connectivity index (χ1v) is 10.1. The predicted molar refractivity (Wildman–Crippen MR) is 112 cm³/mol. The van der Waals surface area contributed by atoms with Crippen LogP contribution in [0.5, 0.6) is 0 Å². The third-order valence-electron chi connectivity index (χ3n) is 6.04. The van der Waals surface area contributed by atoms with Gasteiger partial charge >= 0.3 is 0 Å². The molecule has 0 bridgehead atoms. The number of aryl methyl sites for hydroxylation is 1. The van der Waals surface area contributed by atoms with Gasteiger partial charge in [0.05, 0.1) is 29.5 Å². The van der Waals surface area contributed by atoms with Crippen LogP contribution >= 0.6 is 0 Å². The lowest BCUT2D eigenvalue weighted by molar-refractivity contribution is -0.131. The maximum atomic E-state index is 13.5. The van der Waals surface area contributed by atoms with Crippen molar-refractivity contribution in [3.8, 4) is 0 Å². The van der Waals surface area contributed by atoms with E-state index in [1.807, 2.05) is 0 Å². The summed E-state index contributed by atoms with van der Waals surface area (Å²) in [6.45, 7) is 4.93. The minimum Gasteiger partial charge on any atom is -0.390 e. The molecule has 3 rings (SSSR count). The average Bonchev–Trinajstić information content (AvgIpc) is 3.14. The number of aromatic nitrogens is 1. The van der Waals surface area contributed by atoms with Gasteiger partial charge in [0.2, 0.25) is 0 Å². The monoisotopic (exact) mass is 433 g/mol. The van der Waals surface area contributed by atoms with Crippen LogP contribution in [0, 0.1) is 26.6 Å². The molecule has 1 aromatic heterocycles. The van der Waals surface area contributed by atoms with Gasteiger partial charge in [0, 0.05) is 18.4 Å². The molecule has 1 unspecified atom stereocenters. The van der Waals surface area contributed by atoms with Crippen molar-refractivity contribution in [2.75, 3.05) is 5.32 Å². The van der Waals surface area contributed by atoms with Gasteiger partial charge in [0.1, 0.15) is 5.82 Å². The number of benzene rings is 1. The van der Waals surface area contributed by atoms with E-state index in [1.54, 1.807) is 32.4 Å². The van der Waals surface area contributed by atoms with Gasteiger partial charge in [-0.15, -0.1) is 0 Å². The highest BCUT2D eigenvalue weighted by molar-refractivity contribution is 6.06. The number of nitrogens with one attached hydrogen (secondary N) is 2. The molecule has 4 atom stereocenters. The average molecular weight is 433 g/mol. The summed E-state index contributed by atoms with van der Waals surface area (Å²) in [6.07, 6.45) is -2.81. The number of carbonyl (C=O) groups is 2. The van der Waals surface area contributed by atoms with E-state index in [4.69, 9.17) is 0 Å². The number of carbonyl (C=O) groups excluding carboxylic acids is 2. The van der Waals surface area contributed by atoms with Crippen LogP contribution in [0.2, 0.25) is 0 Å². The number of hydrogen-bond acceptors (Lipinski definition) is 5. The fourth-order valence-corrected chi connectivity index (χ4v) is 4.14. The lowest BCUT2D eigenvalue weighted by atomic mass is 10.1. The number of nitrogens with zero attached hydrogens (tertiary/aromatic N) is 1. The fourth-order valence-electron chi connectivity index (χ4n) is 4.14. The molecule has 31 heavy (non-hydrogen) atoms. The molecule has 0 spiro atoms. The summed E-state index contributed by atoms with van der Waals surface area (Å²) in [5.41, 5.74) is 2.37. The van der Waals surface area contributed by atoms with Gasteiger partial charge in [-0.3, -0.25) is 9.59 Å². The van der Waals surface area contributed by atoms with Crippen LogP contribution in [0.4, 0.5) is 10.1 Å². The van der Waals surface area contributed by atoms with Crippen molar-refractivity contribution in [3.05, 3.63) is 52.1 Å². The normalized spacial score (nSPS) is 21.7. The number of amides is 2. The molecular formula is C22H28FN3O5. The van der Waals surface area contributed by atoms with E-state index in [0.29, 0.717) is 40.9 Å². The van der Waals surface area contributed by atoms with Crippen LogP contribution in [0.1, 0.15) is 51.8 Å². The van der Waals surface area contributed by atoms with E-state index >= 15 is 0 Å². The van der Waals surface area contributed by atoms with Crippen LogP contribution in [-0.2, 0) is 11.8 Å². The summed E-state index contributed by atoms with van der Waals surface area (Å²) in [6, 6.07) is 3.59. The zero-order valence-corrected chi connectivity index (χ0v) is 17.9. The molecule has 1 heterocycles. The number of anilines is 1. The second-order valence-electron chi connectivity index (χ2n) is 8.10. The van der Waals surface area contributed by atoms with Gasteiger partial charge in [-0.1, -0.05) is 0 Å². The van der Waals surface area contributed by atoms with Crippen molar-refractivity contribution in [2.24, 2.45) is 7.05 Å². The molecular weight excluding hydrogens is 405 g/mol. The fraction of sp³-hybridized carbons (Fsp3) is 0.455. The third kappa shape index (κ3) is 4.34. The lowest BCUT2D eigenvalue weighted by Gasteiger charge is -2.21. The highest BCUT2D eigenvalue weighted by Gasteiger charge is 2.36. The van der Waals surface area contributed by atoms with E-state index in [2.05, 4.69) is 10.6 Å². The maximum Gasteiger partial charge on any atom is 0.257 e. The highest BCUT2D eigenvalue weighted by Crippen LogP contribution is 2.28. The van der Waals surface area contributed by atoms with Crippen LogP contribution in [0.25, 0.3) is 0 Å². The Balaban J connectivity index is 1.82. The number of halogens is 1. The zero-order valence-electron chi connectivity index (χ0n) is 17.9. The summed E-state index contributed by atoms with van der Waals surface area (Å²) in [7, 11) is 1.64. The first-order chi connectivity index (χ1) is 14.5. The SMILES string of the molecule is Cc1cc(NC(=O)c2c(C)c(C(O)C(=O)N[C@@H]3CC[C@H](O)[C@@H]3O)n(C)c2C)ccc1F. The molecule has 2 aromatic rings. The Labute approximate surface area is 179 Å². The standard InChI is InChI=1S/C22H28FN3O5/c1-10-9-13(5-6-14(10)23)24-21(30)17-11(2)18(26(4)12(17)3)20(29)22(31)25-15-7-8-16(27)19(15)28/h5-6,9,15-16,19-20,27-29H,7-8H2,1-4H3,(H,24,30)(H,25,31)/t15-,16+,19-,20?/m1/s1. The lowest BCUT2D eigenvalue weighted by Crippen LogP contribution is -2.45. The summed E-state index contributed by atoms with van der Waals surface area (Å²) in [5, 5.41) is 35.6. The van der Waals surface area contributed by atoms with Gasteiger partial charge < -0.3 is 30.5 Å². The van der Waals surface area contributed by atoms with Crippen molar-refractivity contribution in [2.45, 2.75) is 58.0 Å². The van der Waals surface area contributed by atoms with Crippen LogP contribution in [0.3, 0.4) is 0 Å². The minimum atomic E-state index is -1.57. The van der Waals surface area contributed by atoms with Gasteiger partial charge in [-0.25, -0.2) is 4.39 Å². The molecule has 1 saturated carbocycles. The summed E-state index contributed by atoms with van der Waals surface area (Å²) < 4.78 is 15.1. The van der Waals surface area contributed by atoms with Gasteiger partial charge in [0.25, 0.3) is 11.8 Å². The first kappa shape index (κ1) is 22.9. The van der Waals surface area contributed by atoms with Crippen LogP contribution in [-0.4, -0.2) is 50.0 Å². The molecule has 1 aromatic carbocycles. The van der Waals surface area contributed by atoms with E-state index in [1.165, 1.54) is 18.2 Å². The topological polar surface area (TPSA) is 124 Å². The molecule has 9 heteroatoms. The quantitative estimate of drug-likeness (QED) is 0.487. The van der Waals surface area contributed by atoms with Crippen molar-refractivity contribution >= 4 is 17.5 Å². The number of hydrogen-bond donors (Lipinski definition) is 5. The predicted octanol–water partition coefficient (Wildman–Crippen LogP) is 1.38. The minimum absolute atomic E-state index is 0.253.